The van der Waals surface area contributed by atoms with Crippen molar-refractivity contribution in [3.8, 4) is 0 Å². The monoisotopic (exact) mass is 286 g/mol. The topological polar surface area (TPSA) is 111 Å². The number of rotatable bonds is 4. The molecule has 21 heavy (non-hydrogen) atoms. The van der Waals surface area contributed by atoms with Gasteiger partial charge in [0.2, 0.25) is 5.91 Å². The number of nitrogens with one attached hydrogen (secondary N) is 1. The molecule has 110 valence electrons. The number of nitrogens with two attached hydrogens (primary N) is 2. The molecule has 0 fully saturated rings. The van der Waals surface area contributed by atoms with Gasteiger partial charge in [0.05, 0.1) is 0 Å². The molecule has 0 aliphatic carbocycles. The van der Waals surface area contributed by atoms with Crippen molar-refractivity contribution in [2.24, 2.45) is 5.73 Å². The Morgan fingerprint density at radius 1 is 1.29 bits per heavy atom. The summed E-state index contributed by atoms with van der Waals surface area (Å²) in [5, 5.41) is 4.37. The maximum Gasteiger partial charge on any atom is 0.270 e. The molecule has 0 aliphatic rings. The van der Waals surface area contributed by atoms with Crippen LogP contribution < -0.4 is 16.8 Å². The number of anilines is 1. The highest BCUT2D eigenvalue weighted by Crippen LogP contribution is 2.20. The summed E-state index contributed by atoms with van der Waals surface area (Å²) in [5.41, 5.74) is 10.5. The number of pyridine rings is 1. The Morgan fingerprint density at radius 3 is 2.62 bits per heavy atom. The second kappa shape index (κ2) is 5.40. The number of aromatic nitrogens is 1. The number of nitrogens with zero attached hydrogens (tertiary/aromatic N) is 1. The van der Waals surface area contributed by atoms with Gasteiger partial charge in [-0.25, -0.2) is 4.98 Å². The zero-order valence-corrected chi connectivity index (χ0v) is 12.0. The number of primary amides is 1. The molecule has 6 nitrogen and oxygen atoms in total. The molecular formula is C15H18N4O2. The smallest absolute Gasteiger partial charge is 0.270 e. The minimum absolute atomic E-state index is 0.0435. The van der Waals surface area contributed by atoms with Crippen LogP contribution in [0.15, 0.2) is 30.3 Å². The van der Waals surface area contributed by atoms with Gasteiger partial charge in [0.1, 0.15) is 11.5 Å². The molecule has 2 aromatic rings. The number of benzene rings is 1. The molecule has 0 bridgehead atoms. The Bertz CT molecular complexity index is 710. The van der Waals surface area contributed by atoms with E-state index in [2.05, 4.69) is 10.3 Å². The first-order valence-electron chi connectivity index (χ1n) is 6.54. The lowest BCUT2D eigenvalue weighted by Gasteiger charge is -2.24. The SMILES string of the molecule is CC(C)(CC(N)=O)NC(=O)c1cc2ccccc2c(N)n1. The van der Waals surface area contributed by atoms with Crippen LogP contribution in [0, 0.1) is 0 Å². The Kier molecular flexibility index (Phi) is 3.80. The van der Waals surface area contributed by atoms with Crippen LogP contribution in [0.4, 0.5) is 5.82 Å². The van der Waals surface area contributed by atoms with E-state index >= 15 is 0 Å². The highest BCUT2D eigenvalue weighted by atomic mass is 16.2. The highest BCUT2D eigenvalue weighted by molar-refractivity contribution is 6.00. The molecule has 0 saturated carbocycles. The Labute approximate surface area is 122 Å². The Morgan fingerprint density at radius 2 is 1.95 bits per heavy atom. The average Bonchev–Trinajstić information content (AvgIpc) is 2.36. The molecule has 0 spiro atoms. The van der Waals surface area contributed by atoms with E-state index in [-0.39, 0.29) is 12.1 Å². The average molecular weight is 286 g/mol. The number of hydrogen-bond donors (Lipinski definition) is 3. The van der Waals surface area contributed by atoms with Gasteiger partial charge in [-0.15, -0.1) is 0 Å². The number of carbonyl (C=O) groups is 2. The van der Waals surface area contributed by atoms with Crippen molar-refractivity contribution in [3.63, 3.8) is 0 Å². The Balaban J connectivity index is 2.30. The van der Waals surface area contributed by atoms with E-state index in [1.807, 2.05) is 24.3 Å². The lowest BCUT2D eigenvalue weighted by atomic mass is 10.00. The van der Waals surface area contributed by atoms with Gasteiger partial charge in [0.15, 0.2) is 0 Å². The van der Waals surface area contributed by atoms with Crippen LogP contribution in [-0.4, -0.2) is 22.3 Å². The number of fused-ring (bicyclic) bond motifs is 1. The summed E-state index contributed by atoms with van der Waals surface area (Å²) in [6.07, 6.45) is 0.0435. The third-order valence-corrected chi connectivity index (χ3v) is 3.07. The maximum absolute atomic E-state index is 12.3. The van der Waals surface area contributed by atoms with Gasteiger partial charge in [-0.3, -0.25) is 9.59 Å². The molecule has 0 atom stereocenters. The first kappa shape index (κ1) is 14.8. The first-order chi connectivity index (χ1) is 9.78. The first-order valence-corrected chi connectivity index (χ1v) is 6.54. The predicted molar refractivity (Wildman–Crippen MR) is 81.5 cm³/mol. The fourth-order valence-electron chi connectivity index (χ4n) is 2.19. The zero-order chi connectivity index (χ0) is 15.6. The van der Waals surface area contributed by atoms with Crippen molar-refractivity contribution in [2.75, 3.05) is 5.73 Å². The van der Waals surface area contributed by atoms with Gasteiger partial charge >= 0.3 is 0 Å². The van der Waals surface area contributed by atoms with Crippen LogP contribution in [0.1, 0.15) is 30.8 Å². The van der Waals surface area contributed by atoms with Gasteiger partial charge < -0.3 is 16.8 Å². The van der Waals surface area contributed by atoms with Crippen LogP contribution in [0.25, 0.3) is 10.8 Å². The minimum Gasteiger partial charge on any atom is -0.383 e. The van der Waals surface area contributed by atoms with Crippen molar-refractivity contribution < 1.29 is 9.59 Å². The van der Waals surface area contributed by atoms with Crippen LogP contribution >= 0.6 is 0 Å². The number of hydrogen-bond acceptors (Lipinski definition) is 4. The summed E-state index contributed by atoms with van der Waals surface area (Å²) in [4.78, 5) is 27.4. The molecule has 0 aliphatic heterocycles. The second-order valence-corrected chi connectivity index (χ2v) is 5.59. The van der Waals surface area contributed by atoms with Crippen molar-refractivity contribution >= 4 is 28.4 Å². The van der Waals surface area contributed by atoms with E-state index in [9.17, 15) is 9.59 Å². The van der Waals surface area contributed by atoms with E-state index in [0.29, 0.717) is 5.82 Å². The van der Waals surface area contributed by atoms with Crippen LogP contribution in [0.2, 0.25) is 0 Å². The second-order valence-electron chi connectivity index (χ2n) is 5.59. The molecule has 5 N–H and O–H groups in total. The summed E-state index contributed by atoms with van der Waals surface area (Å²) in [7, 11) is 0. The number of nitrogen functional groups attached to an aromatic ring is 1. The molecular weight excluding hydrogens is 268 g/mol. The lowest BCUT2D eigenvalue weighted by molar-refractivity contribution is -0.119. The maximum atomic E-state index is 12.3. The molecule has 6 heteroatoms. The predicted octanol–water partition coefficient (Wildman–Crippen LogP) is 1.20. The Hall–Kier alpha value is -2.63. The number of carbonyl (C=O) groups excluding carboxylic acids is 2. The molecule has 0 saturated heterocycles. The minimum atomic E-state index is -0.745. The summed E-state index contributed by atoms with van der Waals surface area (Å²) in [6, 6.07) is 9.09. The van der Waals surface area contributed by atoms with Crippen LogP contribution in [0.3, 0.4) is 0 Å². The third-order valence-electron chi connectivity index (χ3n) is 3.07. The summed E-state index contributed by atoms with van der Waals surface area (Å²) >= 11 is 0. The van der Waals surface area contributed by atoms with Gasteiger partial charge in [-0.05, 0) is 25.3 Å². The number of amides is 2. The highest BCUT2D eigenvalue weighted by Gasteiger charge is 2.24. The van der Waals surface area contributed by atoms with E-state index in [4.69, 9.17) is 11.5 Å². The van der Waals surface area contributed by atoms with E-state index in [1.54, 1.807) is 19.9 Å². The quantitative estimate of drug-likeness (QED) is 0.784. The molecule has 2 amide bonds. The van der Waals surface area contributed by atoms with Gasteiger partial charge in [0.25, 0.3) is 5.91 Å². The molecule has 0 unspecified atom stereocenters. The van der Waals surface area contributed by atoms with Crippen molar-refractivity contribution in [1.29, 1.82) is 0 Å². The molecule has 2 rings (SSSR count). The van der Waals surface area contributed by atoms with Crippen molar-refractivity contribution in [3.05, 3.63) is 36.0 Å². The summed E-state index contributed by atoms with van der Waals surface area (Å²) in [6.45, 7) is 3.44. The van der Waals surface area contributed by atoms with Gasteiger partial charge in [0, 0.05) is 17.3 Å². The third kappa shape index (κ3) is 3.47. The largest absolute Gasteiger partial charge is 0.383 e. The fraction of sp³-hybridized carbons (Fsp3) is 0.267. The molecule has 0 radical (unpaired) electrons. The lowest BCUT2D eigenvalue weighted by Crippen LogP contribution is -2.46. The van der Waals surface area contributed by atoms with Crippen molar-refractivity contribution in [2.45, 2.75) is 25.8 Å². The molecule has 1 heterocycles. The fourth-order valence-corrected chi connectivity index (χ4v) is 2.19. The van der Waals surface area contributed by atoms with Crippen LogP contribution in [0.5, 0.6) is 0 Å². The zero-order valence-electron chi connectivity index (χ0n) is 12.0. The van der Waals surface area contributed by atoms with E-state index in [0.717, 1.165) is 10.8 Å². The van der Waals surface area contributed by atoms with Gasteiger partial charge in [-0.1, -0.05) is 24.3 Å². The van der Waals surface area contributed by atoms with Gasteiger partial charge in [-0.2, -0.15) is 0 Å². The summed E-state index contributed by atoms with van der Waals surface area (Å²) in [5.74, 6) is -0.573. The summed E-state index contributed by atoms with van der Waals surface area (Å²) < 4.78 is 0. The van der Waals surface area contributed by atoms with E-state index in [1.165, 1.54) is 0 Å². The van der Waals surface area contributed by atoms with E-state index < -0.39 is 17.4 Å². The van der Waals surface area contributed by atoms with Crippen molar-refractivity contribution in [1.82, 2.24) is 10.3 Å². The normalized spacial score (nSPS) is 11.3. The van der Waals surface area contributed by atoms with Crippen LogP contribution in [-0.2, 0) is 4.79 Å². The standard InChI is InChI=1S/C15H18N4O2/c1-15(2,8-12(16)20)19-14(21)11-7-9-5-3-4-6-10(9)13(17)18-11/h3-7H,8H2,1-2H3,(H2,16,20)(H2,17,18)(H,19,21). The molecule has 1 aromatic heterocycles. The molecule has 1 aromatic carbocycles.